The van der Waals surface area contributed by atoms with Crippen molar-refractivity contribution >= 4 is 23.1 Å². The van der Waals surface area contributed by atoms with Crippen LogP contribution in [0.15, 0.2) is 16.7 Å². The van der Waals surface area contributed by atoms with Gasteiger partial charge in [0.05, 0.1) is 16.8 Å². The second-order valence-electron chi connectivity index (χ2n) is 3.33. The van der Waals surface area contributed by atoms with Crippen molar-refractivity contribution in [2.24, 2.45) is 5.73 Å². The van der Waals surface area contributed by atoms with E-state index in [2.05, 4.69) is 0 Å². The van der Waals surface area contributed by atoms with E-state index in [4.69, 9.17) is 22.4 Å². The lowest BCUT2D eigenvalue weighted by atomic mass is 10.2. The predicted molar refractivity (Wildman–Crippen MR) is 61.8 cm³/mol. The third-order valence-corrected chi connectivity index (χ3v) is 2.33. The zero-order valence-corrected chi connectivity index (χ0v) is 9.63. The minimum absolute atomic E-state index is 0.0718. The maximum absolute atomic E-state index is 11.8. The first-order valence-corrected chi connectivity index (χ1v) is 5.01. The summed E-state index contributed by atoms with van der Waals surface area (Å²) in [6, 6.07) is 1.66. The van der Waals surface area contributed by atoms with Crippen LogP contribution in [-0.4, -0.2) is 29.4 Å². The first-order valence-electron chi connectivity index (χ1n) is 4.60. The van der Waals surface area contributed by atoms with Gasteiger partial charge in [-0.05, 0) is 13.0 Å². The zero-order chi connectivity index (χ0) is 11.4. The lowest BCUT2D eigenvalue weighted by Crippen LogP contribution is -2.30. The standard InChI is InChI=1S/C10H14N2O2S/c1-7-8(4-6-14-7)10(13)12(2)5-3-9(11)15/h4,6H,3,5H2,1-2H3,(H2,11,15). The van der Waals surface area contributed by atoms with Crippen molar-refractivity contribution in [1.29, 1.82) is 0 Å². The van der Waals surface area contributed by atoms with Gasteiger partial charge < -0.3 is 15.1 Å². The lowest BCUT2D eigenvalue weighted by molar-refractivity contribution is 0.0797. The highest BCUT2D eigenvalue weighted by Gasteiger charge is 2.15. The molecular formula is C10H14N2O2S. The van der Waals surface area contributed by atoms with E-state index < -0.39 is 0 Å². The fourth-order valence-corrected chi connectivity index (χ4v) is 1.28. The van der Waals surface area contributed by atoms with E-state index in [0.717, 1.165) is 0 Å². The monoisotopic (exact) mass is 226 g/mol. The number of nitrogens with zero attached hydrogens (tertiary/aromatic N) is 1. The van der Waals surface area contributed by atoms with Crippen LogP contribution < -0.4 is 5.73 Å². The smallest absolute Gasteiger partial charge is 0.257 e. The van der Waals surface area contributed by atoms with Crippen LogP contribution in [0.2, 0.25) is 0 Å². The molecule has 0 bridgehead atoms. The third kappa shape index (κ3) is 3.06. The quantitative estimate of drug-likeness (QED) is 0.787. The average Bonchev–Trinajstić information content (AvgIpc) is 2.59. The Labute approximate surface area is 94.0 Å². The molecule has 0 atom stereocenters. The summed E-state index contributed by atoms with van der Waals surface area (Å²) in [6.45, 7) is 2.29. The highest BCUT2D eigenvalue weighted by atomic mass is 32.1. The van der Waals surface area contributed by atoms with Gasteiger partial charge >= 0.3 is 0 Å². The van der Waals surface area contributed by atoms with Crippen molar-refractivity contribution in [2.75, 3.05) is 13.6 Å². The first kappa shape index (κ1) is 11.7. The van der Waals surface area contributed by atoms with Gasteiger partial charge in [0.1, 0.15) is 5.76 Å². The molecule has 0 fully saturated rings. The number of nitrogens with two attached hydrogens (primary N) is 1. The van der Waals surface area contributed by atoms with Crippen LogP contribution in [0.4, 0.5) is 0 Å². The lowest BCUT2D eigenvalue weighted by Gasteiger charge is -2.15. The summed E-state index contributed by atoms with van der Waals surface area (Å²) >= 11 is 4.75. The van der Waals surface area contributed by atoms with Crippen molar-refractivity contribution in [2.45, 2.75) is 13.3 Å². The van der Waals surface area contributed by atoms with E-state index in [1.165, 1.54) is 6.26 Å². The molecule has 0 aromatic carbocycles. The number of aryl methyl sites for hydroxylation is 1. The number of rotatable bonds is 4. The number of carbonyl (C=O) groups excluding carboxylic acids is 1. The maximum Gasteiger partial charge on any atom is 0.257 e. The van der Waals surface area contributed by atoms with Gasteiger partial charge in [0.25, 0.3) is 5.91 Å². The molecule has 0 saturated carbocycles. The average molecular weight is 226 g/mol. The summed E-state index contributed by atoms with van der Waals surface area (Å²) in [4.78, 5) is 13.8. The van der Waals surface area contributed by atoms with Gasteiger partial charge in [0, 0.05) is 20.0 Å². The van der Waals surface area contributed by atoms with Crippen LogP contribution in [0.5, 0.6) is 0 Å². The van der Waals surface area contributed by atoms with Gasteiger partial charge in [-0.25, -0.2) is 0 Å². The number of carbonyl (C=O) groups is 1. The fourth-order valence-electron chi connectivity index (χ4n) is 1.19. The van der Waals surface area contributed by atoms with E-state index in [1.807, 2.05) is 0 Å². The van der Waals surface area contributed by atoms with Crippen molar-refractivity contribution in [3.05, 3.63) is 23.7 Å². The largest absolute Gasteiger partial charge is 0.469 e. The maximum atomic E-state index is 11.8. The van der Waals surface area contributed by atoms with Crippen LogP contribution in [0.3, 0.4) is 0 Å². The highest BCUT2D eigenvalue weighted by molar-refractivity contribution is 7.80. The Kier molecular flexibility index (Phi) is 3.85. The van der Waals surface area contributed by atoms with Crippen LogP contribution in [0.25, 0.3) is 0 Å². The third-order valence-electron chi connectivity index (χ3n) is 2.13. The molecule has 1 aromatic rings. The Morgan fingerprint density at radius 1 is 1.67 bits per heavy atom. The topological polar surface area (TPSA) is 59.5 Å². The summed E-state index contributed by atoms with van der Waals surface area (Å²) in [5.41, 5.74) is 5.95. The van der Waals surface area contributed by atoms with E-state index in [-0.39, 0.29) is 5.91 Å². The van der Waals surface area contributed by atoms with Crippen molar-refractivity contribution in [3.8, 4) is 0 Å². The molecule has 0 aliphatic rings. The molecule has 1 aromatic heterocycles. The van der Waals surface area contributed by atoms with Crippen molar-refractivity contribution in [3.63, 3.8) is 0 Å². The molecule has 1 heterocycles. The van der Waals surface area contributed by atoms with Gasteiger partial charge in [0.15, 0.2) is 0 Å². The van der Waals surface area contributed by atoms with Crippen LogP contribution >= 0.6 is 12.2 Å². The van der Waals surface area contributed by atoms with Crippen molar-refractivity contribution < 1.29 is 9.21 Å². The normalized spacial score (nSPS) is 10.0. The number of thiocarbonyl (C=S) groups is 1. The minimum Gasteiger partial charge on any atom is -0.469 e. The van der Waals surface area contributed by atoms with Gasteiger partial charge in [-0.2, -0.15) is 0 Å². The van der Waals surface area contributed by atoms with E-state index in [9.17, 15) is 4.79 Å². The fraction of sp³-hybridized carbons (Fsp3) is 0.400. The first-order chi connectivity index (χ1) is 7.02. The van der Waals surface area contributed by atoms with Crippen LogP contribution in [0.1, 0.15) is 22.5 Å². The molecule has 0 saturated heterocycles. The Morgan fingerprint density at radius 2 is 2.33 bits per heavy atom. The van der Waals surface area contributed by atoms with Crippen LogP contribution in [0, 0.1) is 6.92 Å². The van der Waals surface area contributed by atoms with Gasteiger partial charge in [-0.15, -0.1) is 0 Å². The van der Waals surface area contributed by atoms with Gasteiger partial charge in [-0.1, -0.05) is 12.2 Å². The molecular weight excluding hydrogens is 212 g/mol. The molecule has 2 N–H and O–H groups in total. The Morgan fingerprint density at radius 3 is 2.80 bits per heavy atom. The van der Waals surface area contributed by atoms with Crippen LogP contribution in [-0.2, 0) is 0 Å². The zero-order valence-electron chi connectivity index (χ0n) is 8.82. The number of amides is 1. The molecule has 0 aliphatic carbocycles. The van der Waals surface area contributed by atoms with Gasteiger partial charge in [-0.3, -0.25) is 4.79 Å². The second-order valence-corrected chi connectivity index (χ2v) is 3.86. The second kappa shape index (κ2) is 4.93. The summed E-state index contributed by atoms with van der Waals surface area (Å²) in [7, 11) is 1.72. The molecule has 1 amide bonds. The molecule has 4 nitrogen and oxygen atoms in total. The Hall–Kier alpha value is -1.36. The molecule has 82 valence electrons. The van der Waals surface area contributed by atoms with E-state index in [1.54, 1.807) is 24.9 Å². The van der Waals surface area contributed by atoms with E-state index >= 15 is 0 Å². The van der Waals surface area contributed by atoms with Gasteiger partial charge in [0.2, 0.25) is 0 Å². The summed E-state index contributed by atoms with van der Waals surface area (Å²) in [6.07, 6.45) is 2.04. The number of hydrogen-bond donors (Lipinski definition) is 1. The molecule has 5 heteroatoms. The number of hydrogen-bond acceptors (Lipinski definition) is 3. The molecule has 1 rings (SSSR count). The predicted octanol–water partition coefficient (Wildman–Crippen LogP) is 1.34. The Bertz CT molecular complexity index is 373. The van der Waals surface area contributed by atoms with Crippen molar-refractivity contribution in [1.82, 2.24) is 4.90 Å². The molecule has 0 aliphatic heterocycles. The van der Waals surface area contributed by atoms with E-state index in [0.29, 0.717) is 29.3 Å². The summed E-state index contributed by atoms with van der Waals surface area (Å²) in [5.74, 6) is 0.555. The summed E-state index contributed by atoms with van der Waals surface area (Å²) < 4.78 is 5.06. The molecule has 15 heavy (non-hydrogen) atoms. The Balaban J connectivity index is 2.61. The number of furan rings is 1. The minimum atomic E-state index is -0.0718. The molecule has 0 radical (unpaired) electrons. The molecule has 0 spiro atoms. The summed E-state index contributed by atoms with van der Waals surface area (Å²) in [5, 5.41) is 0. The highest BCUT2D eigenvalue weighted by Crippen LogP contribution is 2.11. The SMILES string of the molecule is Cc1occc1C(=O)N(C)CCC(N)=S. The molecule has 0 unspecified atom stereocenters.